The van der Waals surface area contributed by atoms with Crippen molar-refractivity contribution in [2.24, 2.45) is 5.73 Å². The van der Waals surface area contributed by atoms with Crippen LogP contribution in [0.15, 0.2) is 0 Å². The van der Waals surface area contributed by atoms with E-state index in [1.54, 1.807) is 6.26 Å². The zero-order chi connectivity index (χ0) is 9.35. The number of carbonyl (C=O) groups is 1. The van der Waals surface area contributed by atoms with Gasteiger partial charge in [0, 0.05) is 0 Å². The Morgan fingerprint density at radius 2 is 2.42 bits per heavy atom. The number of carbonyl (C=O) groups excluding carboxylic acids is 1. The van der Waals surface area contributed by atoms with Crippen molar-refractivity contribution in [2.45, 2.75) is 31.3 Å². The highest BCUT2D eigenvalue weighted by Gasteiger charge is 2.56. The Morgan fingerprint density at radius 3 is 2.75 bits per heavy atom. The molecule has 3 atom stereocenters. The van der Waals surface area contributed by atoms with Crippen LogP contribution in [0.2, 0.25) is 0 Å². The molecule has 1 fully saturated rings. The van der Waals surface area contributed by atoms with Crippen LogP contribution in [0.5, 0.6) is 0 Å². The number of hydrogen-bond donors (Lipinski definition) is 2. The third-order valence-electron chi connectivity index (χ3n) is 2.00. The zero-order valence-corrected chi connectivity index (χ0v) is 8.13. The van der Waals surface area contributed by atoms with Crippen LogP contribution in [0, 0.1) is 0 Å². The summed E-state index contributed by atoms with van der Waals surface area (Å²) in [6, 6.07) is 0. The largest absolute Gasteiger partial charge is 0.389 e. The molecule has 4 nitrogen and oxygen atoms in total. The van der Waals surface area contributed by atoms with Crippen LogP contribution >= 0.6 is 10.3 Å². The predicted molar refractivity (Wildman–Crippen MR) is 48.9 cm³/mol. The second-order valence-electron chi connectivity index (χ2n) is 3.04. The predicted octanol–water partition coefficient (Wildman–Crippen LogP) is 0.932. The Labute approximate surface area is 73.6 Å². The third kappa shape index (κ3) is 1.57. The molecule has 1 amide bonds. The van der Waals surface area contributed by atoms with Crippen molar-refractivity contribution < 1.29 is 14.1 Å². The molecule has 0 aromatic rings. The van der Waals surface area contributed by atoms with Gasteiger partial charge in [-0.15, -0.1) is 0 Å². The van der Waals surface area contributed by atoms with Crippen molar-refractivity contribution in [3.8, 4) is 0 Å². The summed E-state index contributed by atoms with van der Waals surface area (Å²) in [6.45, 7) is 1.97. The first-order chi connectivity index (χ1) is 5.52. The van der Waals surface area contributed by atoms with E-state index in [1.807, 2.05) is 6.92 Å². The highest BCUT2D eigenvalue weighted by molar-refractivity contribution is 8.45. The number of aliphatic hydroxyl groups is 1. The molecule has 1 heterocycles. The van der Waals surface area contributed by atoms with Gasteiger partial charge in [0.2, 0.25) is 0 Å². The van der Waals surface area contributed by atoms with Gasteiger partial charge in [-0.05, 0) is 23.0 Å². The Balaban J connectivity index is 2.45. The lowest BCUT2D eigenvalue weighted by Crippen LogP contribution is -2.19. The van der Waals surface area contributed by atoms with E-state index >= 15 is 0 Å². The van der Waals surface area contributed by atoms with Gasteiger partial charge in [0.05, 0.1) is 6.10 Å². The van der Waals surface area contributed by atoms with Crippen LogP contribution in [0.1, 0.15) is 19.8 Å². The molecule has 0 bridgehead atoms. The van der Waals surface area contributed by atoms with Crippen molar-refractivity contribution in [3.05, 3.63) is 0 Å². The lowest BCUT2D eigenvalue weighted by atomic mass is 10.2. The van der Waals surface area contributed by atoms with E-state index in [0.717, 1.165) is 6.42 Å². The fourth-order valence-corrected chi connectivity index (χ4v) is 3.02. The second-order valence-corrected chi connectivity index (χ2v) is 5.91. The number of nitrogens with two attached hydrogens (primary N) is 1. The van der Waals surface area contributed by atoms with E-state index in [-0.39, 0.29) is 5.44 Å². The average molecular weight is 193 g/mol. The molecule has 12 heavy (non-hydrogen) atoms. The van der Waals surface area contributed by atoms with Crippen molar-refractivity contribution in [2.75, 3.05) is 6.26 Å². The van der Waals surface area contributed by atoms with Crippen molar-refractivity contribution >= 4 is 15.5 Å². The summed E-state index contributed by atoms with van der Waals surface area (Å²) in [6.07, 6.45) is 2.72. The first-order valence-electron chi connectivity index (χ1n) is 3.95. The summed E-state index contributed by atoms with van der Waals surface area (Å²) < 4.78 is 5.14. The molecule has 5 heteroatoms. The molecular formula is C7H15NO3S. The maximum absolute atomic E-state index is 10.8. The molecule has 0 saturated carbocycles. The number of aliphatic hydroxyl groups excluding tert-OH is 1. The van der Waals surface area contributed by atoms with Gasteiger partial charge in [0.15, 0.2) is 5.44 Å². The highest BCUT2D eigenvalue weighted by atomic mass is 32.3. The van der Waals surface area contributed by atoms with Gasteiger partial charge < -0.3 is 15.0 Å². The van der Waals surface area contributed by atoms with E-state index in [1.165, 1.54) is 0 Å². The summed E-state index contributed by atoms with van der Waals surface area (Å²) >= 11 is 0. The van der Waals surface area contributed by atoms with E-state index in [2.05, 4.69) is 0 Å². The fraction of sp³-hybridized carbons (Fsp3) is 0.857. The Morgan fingerprint density at radius 1 is 1.83 bits per heavy atom. The Kier molecular flexibility index (Phi) is 2.65. The summed E-state index contributed by atoms with van der Waals surface area (Å²) in [7, 11) is -1.76. The Bertz CT molecular complexity index is 199. The molecule has 1 rings (SSSR count). The molecule has 1 saturated heterocycles. The molecule has 0 aromatic carbocycles. The number of hydrogen-bond acceptors (Lipinski definition) is 3. The standard InChI is InChI=1S/C7H15NO3S/c1-3-4-5(9)6-11-12(6,2)7(8)10/h5-6,9H,3-4H2,1-2H3,(H2,8,10)/t5-,6?/m1/s1. The van der Waals surface area contributed by atoms with Crippen molar-refractivity contribution in [3.63, 3.8) is 0 Å². The highest BCUT2D eigenvalue weighted by Crippen LogP contribution is 2.68. The minimum Gasteiger partial charge on any atom is -0.389 e. The van der Waals surface area contributed by atoms with Crippen LogP contribution in [0.4, 0.5) is 4.79 Å². The van der Waals surface area contributed by atoms with Crippen LogP contribution in [-0.2, 0) is 4.18 Å². The molecule has 0 aromatic heterocycles. The topological polar surface area (TPSA) is 75.8 Å². The normalized spacial score (nSPS) is 41.4. The molecule has 3 N–H and O–H groups in total. The summed E-state index contributed by atoms with van der Waals surface area (Å²) in [5, 5.41) is 9.05. The smallest absolute Gasteiger partial charge is 0.283 e. The van der Waals surface area contributed by atoms with Crippen molar-refractivity contribution in [1.29, 1.82) is 0 Å². The fourth-order valence-electron chi connectivity index (χ4n) is 1.13. The Hall–Kier alpha value is -0.260. The third-order valence-corrected chi connectivity index (χ3v) is 4.51. The quantitative estimate of drug-likeness (QED) is 0.655. The monoisotopic (exact) mass is 193 g/mol. The van der Waals surface area contributed by atoms with E-state index in [9.17, 15) is 9.90 Å². The van der Waals surface area contributed by atoms with Gasteiger partial charge in [-0.1, -0.05) is 13.3 Å². The van der Waals surface area contributed by atoms with E-state index in [4.69, 9.17) is 9.92 Å². The SMILES string of the molecule is CCC[C@@H](O)C1OS1(C)C(N)=O. The van der Waals surface area contributed by atoms with Gasteiger partial charge in [-0.2, -0.15) is 0 Å². The lowest BCUT2D eigenvalue weighted by Gasteiger charge is -2.08. The molecule has 0 aliphatic carbocycles. The van der Waals surface area contributed by atoms with Gasteiger partial charge in [-0.25, -0.2) is 0 Å². The average Bonchev–Trinajstić information content (AvgIpc) is 2.65. The lowest BCUT2D eigenvalue weighted by molar-refractivity contribution is 0.126. The van der Waals surface area contributed by atoms with Gasteiger partial charge in [-0.3, -0.25) is 4.79 Å². The van der Waals surface area contributed by atoms with Crippen LogP contribution in [0.3, 0.4) is 0 Å². The molecule has 0 radical (unpaired) electrons. The second kappa shape index (κ2) is 3.24. The minimum absolute atomic E-state index is 0.310. The number of primary amides is 1. The minimum atomic E-state index is -1.76. The first kappa shape index (κ1) is 9.83. The van der Waals surface area contributed by atoms with Crippen LogP contribution in [0.25, 0.3) is 0 Å². The number of amides is 1. The zero-order valence-electron chi connectivity index (χ0n) is 7.32. The molecule has 1 aliphatic heterocycles. The van der Waals surface area contributed by atoms with Gasteiger partial charge in [0.25, 0.3) is 5.24 Å². The summed E-state index contributed by atoms with van der Waals surface area (Å²) in [5.74, 6) is 0. The van der Waals surface area contributed by atoms with Gasteiger partial charge in [0.1, 0.15) is 0 Å². The molecule has 72 valence electrons. The maximum Gasteiger partial charge on any atom is 0.283 e. The van der Waals surface area contributed by atoms with Crippen LogP contribution in [-0.4, -0.2) is 28.1 Å². The van der Waals surface area contributed by atoms with Gasteiger partial charge >= 0.3 is 0 Å². The first-order valence-corrected chi connectivity index (χ1v) is 5.98. The van der Waals surface area contributed by atoms with Crippen molar-refractivity contribution in [1.82, 2.24) is 0 Å². The maximum atomic E-state index is 10.8. The number of rotatable bonds is 3. The molecular weight excluding hydrogens is 178 g/mol. The molecule has 0 spiro atoms. The van der Waals surface area contributed by atoms with E-state index < -0.39 is 21.7 Å². The molecule has 1 aliphatic rings. The van der Waals surface area contributed by atoms with E-state index in [0.29, 0.717) is 6.42 Å². The summed E-state index contributed by atoms with van der Waals surface area (Å²) in [4.78, 5) is 10.8. The van der Waals surface area contributed by atoms with Crippen LogP contribution < -0.4 is 5.73 Å². The molecule has 2 unspecified atom stereocenters. The summed E-state index contributed by atoms with van der Waals surface area (Å²) in [5.41, 5.74) is 4.81.